The van der Waals surface area contributed by atoms with Crippen molar-refractivity contribution in [1.82, 2.24) is 14.8 Å². The number of carbonyl (C=O) groups excluding carboxylic acids is 2. The Hall–Kier alpha value is -2.07. The fraction of sp³-hybridized carbons (Fsp3) is 0.533. The summed E-state index contributed by atoms with van der Waals surface area (Å²) in [6.45, 7) is -1.60. The molecule has 24 heavy (non-hydrogen) atoms. The maximum absolute atomic E-state index is 12.4. The van der Waals surface area contributed by atoms with Crippen LogP contribution < -0.4 is 0 Å². The number of amides is 2. The van der Waals surface area contributed by atoms with Crippen LogP contribution in [0.25, 0.3) is 0 Å². The van der Waals surface area contributed by atoms with Crippen molar-refractivity contribution in [3.8, 4) is 0 Å². The van der Waals surface area contributed by atoms with E-state index in [2.05, 4.69) is 4.98 Å². The Balaban J connectivity index is 3.01. The van der Waals surface area contributed by atoms with Gasteiger partial charge in [-0.05, 0) is 6.07 Å². The maximum Gasteiger partial charge on any atom is 0.255 e. The Kier molecular flexibility index (Phi) is 7.72. The molecule has 1 aromatic heterocycles. The van der Waals surface area contributed by atoms with Crippen LogP contribution in [0.15, 0.2) is 18.5 Å². The van der Waals surface area contributed by atoms with E-state index < -0.39 is 50.3 Å². The molecule has 0 aliphatic carbocycles. The highest BCUT2D eigenvalue weighted by molar-refractivity contribution is 5.99. The summed E-state index contributed by atoms with van der Waals surface area (Å²) in [5.74, 6) is -1.01. The van der Waals surface area contributed by atoms with Crippen molar-refractivity contribution >= 4 is 11.8 Å². The predicted octanol–water partition coefficient (Wildman–Crippen LogP) is -2.07. The fourth-order valence-electron chi connectivity index (χ4n) is 2.02. The lowest BCUT2D eigenvalue weighted by molar-refractivity contribution is 0.0538. The van der Waals surface area contributed by atoms with Crippen molar-refractivity contribution in [2.24, 2.45) is 0 Å². The molecule has 0 bridgehead atoms. The van der Waals surface area contributed by atoms with Crippen LogP contribution in [0.2, 0.25) is 0 Å². The maximum atomic E-state index is 12.4. The van der Waals surface area contributed by atoms with E-state index in [1.165, 1.54) is 42.4 Å². The zero-order valence-electron chi connectivity index (χ0n) is 13.7. The number of nitrogens with zero attached hydrogens (tertiary/aromatic N) is 3. The Morgan fingerprint density at radius 1 is 0.875 bits per heavy atom. The Morgan fingerprint density at radius 3 is 1.50 bits per heavy atom. The minimum atomic E-state index is -0.757. The molecular formula is C15H23N3O6. The number of hydrogen-bond donors (Lipinski definition) is 4. The summed E-state index contributed by atoms with van der Waals surface area (Å²) in [4.78, 5) is 30.9. The van der Waals surface area contributed by atoms with Crippen LogP contribution in [0, 0.1) is 0 Å². The van der Waals surface area contributed by atoms with E-state index >= 15 is 0 Å². The molecular weight excluding hydrogens is 318 g/mol. The lowest BCUT2D eigenvalue weighted by atomic mass is 10.1. The molecule has 134 valence electrons. The zero-order chi connectivity index (χ0) is 18.3. The number of aromatic nitrogens is 1. The van der Waals surface area contributed by atoms with Crippen LogP contribution in [0.4, 0.5) is 0 Å². The van der Waals surface area contributed by atoms with E-state index in [9.17, 15) is 9.59 Å². The van der Waals surface area contributed by atoms with Crippen molar-refractivity contribution in [2.45, 2.75) is 12.1 Å². The molecule has 1 aromatic rings. The van der Waals surface area contributed by atoms with E-state index in [4.69, 9.17) is 20.4 Å². The number of aliphatic hydroxyl groups excluding tert-OH is 4. The van der Waals surface area contributed by atoms with Gasteiger partial charge < -0.3 is 30.2 Å². The van der Waals surface area contributed by atoms with Gasteiger partial charge in [0.2, 0.25) is 0 Å². The minimum Gasteiger partial charge on any atom is -0.394 e. The molecule has 0 unspecified atom stereocenters. The summed E-state index contributed by atoms with van der Waals surface area (Å²) in [7, 11) is 2.85. The van der Waals surface area contributed by atoms with Crippen LogP contribution in [-0.4, -0.2) is 99.6 Å². The molecule has 0 fully saturated rings. The molecule has 0 aliphatic rings. The molecule has 0 aromatic carbocycles. The lowest BCUT2D eigenvalue weighted by Crippen LogP contribution is -2.42. The molecule has 9 nitrogen and oxygen atoms in total. The first-order valence-electron chi connectivity index (χ1n) is 7.34. The Morgan fingerprint density at radius 2 is 1.21 bits per heavy atom. The van der Waals surface area contributed by atoms with Gasteiger partial charge >= 0.3 is 0 Å². The van der Waals surface area contributed by atoms with Gasteiger partial charge in [0, 0.05) is 26.5 Å². The van der Waals surface area contributed by atoms with E-state index in [1.807, 2.05) is 0 Å². The molecule has 0 saturated heterocycles. The predicted molar refractivity (Wildman–Crippen MR) is 84.3 cm³/mol. The minimum absolute atomic E-state index is 0.119. The van der Waals surface area contributed by atoms with Crippen LogP contribution in [-0.2, 0) is 0 Å². The van der Waals surface area contributed by atoms with Gasteiger partial charge in [-0.1, -0.05) is 0 Å². The molecule has 1 heterocycles. The summed E-state index contributed by atoms with van der Waals surface area (Å²) in [5.41, 5.74) is 0.237. The monoisotopic (exact) mass is 341 g/mol. The fourth-order valence-corrected chi connectivity index (χ4v) is 2.02. The highest BCUT2D eigenvalue weighted by Gasteiger charge is 2.23. The normalized spacial score (nSPS) is 11.0. The molecule has 0 radical (unpaired) electrons. The van der Waals surface area contributed by atoms with Gasteiger partial charge in [-0.25, -0.2) is 0 Å². The first-order chi connectivity index (χ1) is 11.4. The van der Waals surface area contributed by atoms with Gasteiger partial charge in [0.05, 0.1) is 49.6 Å². The average molecular weight is 341 g/mol. The molecule has 2 amide bonds. The van der Waals surface area contributed by atoms with Crippen molar-refractivity contribution in [3.63, 3.8) is 0 Å². The number of carbonyl (C=O) groups is 2. The van der Waals surface area contributed by atoms with Crippen LogP contribution in [0.5, 0.6) is 0 Å². The third-order valence-electron chi connectivity index (χ3n) is 3.81. The Labute approximate surface area is 139 Å². The van der Waals surface area contributed by atoms with E-state index in [1.54, 1.807) is 0 Å². The Bertz CT molecular complexity index is 515. The molecule has 0 aliphatic heterocycles. The number of pyridine rings is 1. The van der Waals surface area contributed by atoms with Gasteiger partial charge in [-0.15, -0.1) is 0 Å². The number of likely N-dealkylation sites (N-methyl/N-ethyl adjacent to an activating group) is 2. The van der Waals surface area contributed by atoms with Crippen LogP contribution >= 0.6 is 0 Å². The topological polar surface area (TPSA) is 134 Å². The molecule has 0 atom stereocenters. The van der Waals surface area contributed by atoms with E-state index in [-0.39, 0.29) is 11.1 Å². The van der Waals surface area contributed by atoms with Gasteiger partial charge in [-0.3, -0.25) is 14.6 Å². The molecule has 0 spiro atoms. The van der Waals surface area contributed by atoms with Crippen LogP contribution in [0.3, 0.4) is 0 Å². The molecule has 4 N–H and O–H groups in total. The second-order valence-electron chi connectivity index (χ2n) is 5.33. The van der Waals surface area contributed by atoms with Crippen molar-refractivity contribution in [3.05, 3.63) is 29.6 Å². The summed E-state index contributed by atoms with van der Waals surface area (Å²) in [6.07, 6.45) is 2.55. The number of aliphatic hydroxyl groups is 4. The lowest BCUT2D eigenvalue weighted by Gasteiger charge is -2.26. The van der Waals surface area contributed by atoms with Gasteiger partial charge in [0.1, 0.15) is 0 Å². The average Bonchev–Trinajstić information content (AvgIpc) is 2.62. The summed E-state index contributed by atoms with van der Waals surface area (Å²) in [5, 5.41) is 36.6. The quantitative estimate of drug-likeness (QED) is 0.427. The zero-order valence-corrected chi connectivity index (χ0v) is 13.7. The van der Waals surface area contributed by atoms with E-state index in [0.717, 1.165) is 0 Å². The summed E-state index contributed by atoms with van der Waals surface area (Å²) < 4.78 is 0. The van der Waals surface area contributed by atoms with Crippen molar-refractivity contribution in [2.75, 3.05) is 40.5 Å². The second-order valence-corrected chi connectivity index (χ2v) is 5.33. The summed E-state index contributed by atoms with van der Waals surface area (Å²) >= 11 is 0. The standard InChI is InChI=1S/C15H23N3O6/c1-17(12(6-19)7-20)14(23)10-3-11(5-16-4-10)15(24)18(2)13(8-21)9-22/h3-5,12-13,19-22H,6-9H2,1-2H3. The highest BCUT2D eigenvalue weighted by atomic mass is 16.3. The SMILES string of the molecule is CN(C(=O)c1cncc(C(=O)N(C)C(CO)CO)c1)C(CO)CO. The van der Waals surface area contributed by atoms with Crippen molar-refractivity contribution < 1.29 is 30.0 Å². The first-order valence-corrected chi connectivity index (χ1v) is 7.34. The van der Waals surface area contributed by atoms with Crippen LogP contribution in [0.1, 0.15) is 20.7 Å². The largest absolute Gasteiger partial charge is 0.394 e. The number of hydrogen-bond acceptors (Lipinski definition) is 7. The molecule has 0 saturated carbocycles. The molecule has 9 heteroatoms. The van der Waals surface area contributed by atoms with Gasteiger partial charge in [0.15, 0.2) is 0 Å². The first kappa shape index (κ1) is 20.0. The number of rotatable bonds is 8. The smallest absolute Gasteiger partial charge is 0.255 e. The van der Waals surface area contributed by atoms with Gasteiger partial charge in [0.25, 0.3) is 11.8 Å². The molecule has 1 rings (SSSR count). The van der Waals surface area contributed by atoms with E-state index in [0.29, 0.717) is 0 Å². The third kappa shape index (κ3) is 4.48. The summed E-state index contributed by atoms with van der Waals surface area (Å²) in [6, 6.07) is -0.178. The van der Waals surface area contributed by atoms with Crippen molar-refractivity contribution in [1.29, 1.82) is 0 Å². The third-order valence-corrected chi connectivity index (χ3v) is 3.81. The van der Waals surface area contributed by atoms with Gasteiger partial charge in [-0.2, -0.15) is 0 Å². The second kappa shape index (κ2) is 9.28. The highest BCUT2D eigenvalue weighted by Crippen LogP contribution is 2.11.